The molecule has 10 heteroatoms. The highest BCUT2D eigenvalue weighted by atomic mass is 35.5. The summed E-state index contributed by atoms with van der Waals surface area (Å²) in [6.45, 7) is 2.96. The average Bonchev–Trinajstić information content (AvgIpc) is 3.47. The van der Waals surface area contributed by atoms with Gasteiger partial charge in [-0.15, -0.1) is 0 Å². The van der Waals surface area contributed by atoms with Crippen LogP contribution in [0.5, 0.6) is 0 Å². The van der Waals surface area contributed by atoms with Gasteiger partial charge in [-0.3, -0.25) is 0 Å². The van der Waals surface area contributed by atoms with Crippen molar-refractivity contribution < 1.29 is 22.3 Å². The molecule has 2 saturated heterocycles. The third kappa shape index (κ3) is 4.23. The molecule has 0 unspecified atom stereocenters. The number of sulfone groups is 1. The van der Waals surface area contributed by atoms with E-state index in [1.165, 1.54) is 12.1 Å². The zero-order valence-electron chi connectivity index (χ0n) is 17.7. The van der Waals surface area contributed by atoms with Gasteiger partial charge in [0.05, 0.1) is 30.6 Å². The van der Waals surface area contributed by atoms with Gasteiger partial charge in [-0.05, 0) is 43.2 Å². The molecule has 5 rings (SSSR count). The molecule has 1 aromatic carbocycles. The molecule has 1 aliphatic carbocycles. The minimum atomic E-state index is -3.61. The molecular formula is C22H25ClFN3O4S. The lowest BCUT2D eigenvalue weighted by Gasteiger charge is -2.35. The molecule has 172 valence electrons. The van der Waals surface area contributed by atoms with Crippen molar-refractivity contribution in [1.29, 1.82) is 0 Å². The van der Waals surface area contributed by atoms with Gasteiger partial charge in [0.15, 0.2) is 16.1 Å². The predicted octanol–water partition coefficient (Wildman–Crippen LogP) is 3.64. The van der Waals surface area contributed by atoms with E-state index in [2.05, 4.69) is 14.9 Å². The fraction of sp³-hybridized carbons (Fsp3) is 0.545. The first-order chi connectivity index (χ1) is 15.2. The van der Waals surface area contributed by atoms with Gasteiger partial charge < -0.3 is 14.4 Å². The maximum atomic E-state index is 14.2. The smallest absolute Gasteiger partial charge is 0.225 e. The summed E-state index contributed by atoms with van der Waals surface area (Å²) in [5.41, 5.74) is 0.531. The van der Waals surface area contributed by atoms with Crippen LogP contribution >= 0.6 is 11.6 Å². The van der Waals surface area contributed by atoms with Crippen molar-refractivity contribution in [3.05, 3.63) is 47.0 Å². The summed E-state index contributed by atoms with van der Waals surface area (Å²) in [5.74, 6) is 1.10. The van der Waals surface area contributed by atoms with Crippen LogP contribution in [0.15, 0.2) is 35.5 Å². The second kappa shape index (κ2) is 8.20. The summed E-state index contributed by atoms with van der Waals surface area (Å²) < 4.78 is 49.4. The molecule has 32 heavy (non-hydrogen) atoms. The Balaban J connectivity index is 1.16. The number of aromatic nitrogens is 2. The standard InChI is InChI=1S/C22H25ClFN3O4S/c1-32(28,29)19-3-2-15(8-18(19)24)20-30-12-22(13-31-20)9-17(22)14-4-6-27(7-5-14)21-25-10-16(23)11-26-21/h2-3,8,10-11,14,17,20H,4-7,9,12-13H2,1H3/t17-,20?,22?/m0/s1. The second-order valence-corrected chi connectivity index (χ2v) is 11.5. The van der Waals surface area contributed by atoms with Crippen LogP contribution in [0.4, 0.5) is 10.3 Å². The molecule has 2 aliphatic heterocycles. The second-order valence-electron chi connectivity index (χ2n) is 9.11. The summed E-state index contributed by atoms with van der Waals surface area (Å²) in [7, 11) is -3.61. The summed E-state index contributed by atoms with van der Waals surface area (Å²) in [6, 6.07) is 4.02. The van der Waals surface area contributed by atoms with Crippen molar-refractivity contribution in [3.8, 4) is 0 Å². The highest BCUT2D eigenvalue weighted by molar-refractivity contribution is 7.90. The van der Waals surface area contributed by atoms with Crippen molar-refractivity contribution in [3.63, 3.8) is 0 Å². The summed E-state index contributed by atoms with van der Waals surface area (Å²) in [5, 5.41) is 0.535. The third-order valence-electron chi connectivity index (χ3n) is 6.92. The maximum absolute atomic E-state index is 14.2. The SMILES string of the molecule is CS(=O)(=O)c1ccc(C2OCC3(CO2)C[C@H]3C2CCN(c3ncc(Cl)cn3)CC2)cc1F. The monoisotopic (exact) mass is 481 g/mol. The lowest BCUT2D eigenvalue weighted by atomic mass is 9.87. The fourth-order valence-corrected chi connectivity index (χ4v) is 5.90. The molecule has 1 spiro atoms. The number of hydrogen-bond donors (Lipinski definition) is 0. The van der Waals surface area contributed by atoms with Gasteiger partial charge in [0, 0.05) is 30.3 Å². The Hall–Kier alpha value is -1.81. The molecule has 0 N–H and O–H groups in total. The molecule has 3 aliphatic rings. The molecular weight excluding hydrogens is 457 g/mol. The minimum Gasteiger partial charge on any atom is -0.348 e. The first-order valence-electron chi connectivity index (χ1n) is 10.7. The van der Waals surface area contributed by atoms with Gasteiger partial charge >= 0.3 is 0 Å². The van der Waals surface area contributed by atoms with Crippen molar-refractivity contribution in [2.24, 2.45) is 17.3 Å². The predicted molar refractivity (Wildman–Crippen MR) is 117 cm³/mol. The van der Waals surface area contributed by atoms with E-state index in [1.54, 1.807) is 18.5 Å². The summed E-state index contributed by atoms with van der Waals surface area (Å²) >= 11 is 5.88. The fourth-order valence-electron chi connectivity index (χ4n) is 5.08. The number of nitrogens with zero attached hydrogens (tertiary/aromatic N) is 3. The van der Waals surface area contributed by atoms with E-state index in [9.17, 15) is 12.8 Å². The zero-order valence-corrected chi connectivity index (χ0v) is 19.3. The molecule has 7 nitrogen and oxygen atoms in total. The Morgan fingerprint density at radius 3 is 2.41 bits per heavy atom. The molecule has 0 radical (unpaired) electrons. The van der Waals surface area contributed by atoms with E-state index in [0.717, 1.165) is 44.6 Å². The van der Waals surface area contributed by atoms with Crippen LogP contribution in [-0.2, 0) is 19.3 Å². The summed E-state index contributed by atoms with van der Waals surface area (Å²) in [6.07, 6.45) is 6.78. The number of rotatable bonds is 4. The number of hydrogen-bond acceptors (Lipinski definition) is 7. The largest absolute Gasteiger partial charge is 0.348 e. The van der Waals surface area contributed by atoms with Gasteiger partial charge in [-0.1, -0.05) is 17.7 Å². The molecule has 1 saturated carbocycles. The van der Waals surface area contributed by atoms with Crippen LogP contribution in [-0.4, -0.2) is 50.9 Å². The van der Waals surface area contributed by atoms with Crippen LogP contribution < -0.4 is 4.90 Å². The number of anilines is 1. The topological polar surface area (TPSA) is 81.6 Å². The lowest BCUT2D eigenvalue weighted by Crippen LogP contribution is -2.37. The van der Waals surface area contributed by atoms with Crippen LogP contribution in [0.1, 0.15) is 31.1 Å². The number of ether oxygens (including phenoxy) is 2. The Morgan fingerprint density at radius 2 is 1.81 bits per heavy atom. The first kappa shape index (κ1) is 22.0. The van der Waals surface area contributed by atoms with E-state index >= 15 is 0 Å². The van der Waals surface area contributed by atoms with Gasteiger partial charge in [-0.2, -0.15) is 0 Å². The normalized spacial score (nSPS) is 28.8. The molecule has 2 aromatic rings. The van der Waals surface area contributed by atoms with Crippen molar-refractivity contribution in [1.82, 2.24) is 9.97 Å². The van der Waals surface area contributed by atoms with Crippen LogP contribution in [0.25, 0.3) is 0 Å². The van der Waals surface area contributed by atoms with Gasteiger partial charge in [0.2, 0.25) is 5.95 Å². The molecule has 3 fully saturated rings. The maximum Gasteiger partial charge on any atom is 0.225 e. The van der Waals surface area contributed by atoms with Gasteiger partial charge in [0.25, 0.3) is 0 Å². The average molecular weight is 482 g/mol. The van der Waals surface area contributed by atoms with Gasteiger partial charge in [-0.25, -0.2) is 22.8 Å². The number of benzene rings is 1. The van der Waals surface area contributed by atoms with Crippen LogP contribution in [0.3, 0.4) is 0 Å². The van der Waals surface area contributed by atoms with Crippen molar-refractivity contribution in [2.45, 2.75) is 30.4 Å². The highest BCUT2D eigenvalue weighted by Crippen LogP contribution is 2.61. The van der Waals surface area contributed by atoms with Crippen molar-refractivity contribution in [2.75, 3.05) is 37.5 Å². The van der Waals surface area contributed by atoms with Crippen LogP contribution in [0, 0.1) is 23.1 Å². The Kier molecular flexibility index (Phi) is 5.64. The highest BCUT2D eigenvalue weighted by Gasteiger charge is 2.59. The van der Waals surface area contributed by atoms with Crippen LogP contribution in [0.2, 0.25) is 5.02 Å². The van der Waals surface area contributed by atoms with Gasteiger partial charge in [0.1, 0.15) is 10.7 Å². The Labute approximate surface area is 191 Å². The summed E-state index contributed by atoms with van der Waals surface area (Å²) in [4.78, 5) is 10.5. The Morgan fingerprint density at radius 1 is 1.16 bits per heavy atom. The molecule has 0 amide bonds. The number of piperidine rings is 1. The molecule has 1 aromatic heterocycles. The Bertz CT molecular complexity index is 1100. The molecule has 0 bridgehead atoms. The third-order valence-corrected chi connectivity index (χ3v) is 8.25. The quantitative estimate of drug-likeness (QED) is 0.659. The van der Waals surface area contributed by atoms with E-state index < -0.39 is 21.9 Å². The zero-order chi connectivity index (χ0) is 22.5. The van der Waals surface area contributed by atoms with E-state index in [1.807, 2.05) is 0 Å². The van der Waals surface area contributed by atoms with E-state index in [-0.39, 0.29) is 10.3 Å². The van der Waals surface area contributed by atoms with E-state index in [4.69, 9.17) is 21.1 Å². The number of halogens is 2. The molecule has 3 heterocycles. The van der Waals surface area contributed by atoms with E-state index in [0.29, 0.717) is 35.6 Å². The minimum absolute atomic E-state index is 0.0331. The molecule has 1 atom stereocenters. The first-order valence-corrected chi connectivity index (χ1v) is 13.0. The van der Waals surface area contributed by atoms with Crippen molar-refractivity contribution >= 4 is 27.4 Å². The lowest BCUT2D eigenvalue weighted by molar-refractivity contribution is -0.216.